The summed E-state index contributed by atoms with van der Waals surface area (Å²) in [6.45, 7) is 9.26. The van der Waals surface area contributed by atoms with Crippen LogP contribution in [0.15, 0.2) is 101 Å². The van der Waals surface area contributed by atoms with E-state index in [1.807, 2.05) is 91.6 Å². The van der Waals surface area contributed by atoms with E-state index in [1.54, 1.807) is 12.3 Å². The van der Waals surface area contributed by atoms with Crippen LogP contribution in [0.2, 0.25) is 0 Å². The van der Waals surface area contributed by atoms with Gasteiger partial charge < -0.3 is 27.0 Å². The lowest BCUT2D eigenvalue weighted by Gasteiger charge is -2.30. The van der Waals surface area contributed by atoms with Crippen LogP contribution >= 0.6 is 0 Å². The number of nitrogens with zero attached hydrogens (tertiary/aromatic N) is 5. The molecule has 10 heteroatoms. The predicted octanol–water partition coefficient (Wildman–Crippen LogP) is 5.61. The van der Waals surface area contributed by atoms with Gasteiger partial charge in [-0.25, -0.2) is 4.99 Å². The Morgan fingerprint density at radius 2 is 1.94 bits per heavy atom. The third kappa shape index (κ3) is 9.60. The number of benzene rings is 2. The molecule has 3 aromatic rings. The Morgan fingerprint density at radius 3 is 2.60 bits per heavy atom. The summed E-state index contributed by atoms with van der Waals surface area (Å²) in [6.07, 6.45) is 12.3. The molecule has 0 bridgehead atoms. The maximum absolute atomic E-state index is 12.3. The van der Waals surface area contributed by atoms with E-state index in [0.29, 0.717) is 25.1 Å². The molecule has 0 radical (unpaired) electrons. The number of anilines is 1. The number of amides is 1. The summed E-state index contributed by atoms with van der Waals surface area (Å²) in [4.78, 5) is 30.3. The zero-order valence-electron chi connectivity index (χ0n) is 28.3. The molecule has 0 atom stereocenters. The van der Waals surface area contributed by atoms with E-state index in [9.17, 15) is 4.79 Å². The maximum atomic E-state index is 12.3. The largest absolute Gasteiger partial charge is 0.369 e. The number of aromatic nitrogens is 1. The number of carbonyl (C=O) groups is 1. The van der Waals surface area contributed by atoms with Crippen molar-refractivity contribution in [3.8, 4) is 11.3 Å². The average Bonchev–Trinajstić information content (AvgIpc) is 3.52. The zero-order chi connectivity index (χ0) is 33.9. The molecule has 2 heterocycles. The topological polar surface area (TPSA) is 137 Å². The van der Waals surface area contributed by atoms with Gasteiger partial charge in [0.2, 0.25) is 17.8 Å². The van der Waals surface area contributed by atoms with Gasteiger partial charge in [0.15, 0.2) is 0 Å². The van der Waals surface area contributed by atoms with Gasteiger partial charge in [0.05, 0.1) is 12.2 Å². The molecule has 6 N–H and O–H groups in total. The Morgan fingerprint density at radius 1 is 1.19 bits per heavy atom. The minimum Gasteiger partial charge on any atom is -0.369 e. The van der Waals surface area contributed by atoms with Crippen molar-refractivity contribution in [1.82, 2.24) is 20.1 Å². The summed E-state index contributed by atoms with van der Waals surface area (Å²) in [5.74, 6) is 1.70. The Hall–Kier alpha value is -4.80. The molecule has 0 unspecified atom stereocenters. The van der Waals surface area contributed by atoms with E-state index >= 15 is 0 Å². The number of nitrogens with one attached hydrogen (secondary N) is 2. The quantitative estimate of drug-likeness (QED) is 0.225. The van der Waals surface area contributed by atoms with E-state index in [-0.39, 0.29) is 17.8 Å². The van der Waals surface area contributed by atoms with Crippen molar-refractivity contribution in [1.29, 1.82) is 0 Å². The van der Waals surface area contributed by atoms with Gasteiger partial charge in [-0.05, 0) is 67.6 Å². The van der Waals surface area contributed by atoms with Gasteiger partial charge in [-0.3, -0.25) is 14.7 Å². The molecular formula is C37H49N9O. The van der Waals surface area contributed by atoms with Crippen molar-refractivity contribution in [2.75, 3.05) is 33.0 Å². The lowest BCUT2D eigenvalue weighted by Crippen LogP contribution is -2.46. The molecule has 5 rings (SSSR count). The second-order valence-electron chi connectivity index (χ2n) is 12.4. The lowest BCUT2D eigenvalue weighted by atomic mass is 9.99. The molecule has 1 fully saturated rings. The van der Waals surface area contributed by atoms with Gasteiger partial charge in [0, 0.05) is 48.5 Å². The lowest BCUT2D eigenvalue weighted by molar-refractivity contribution is -0.111. The van der Waals surface area contributed by atoms with E-state index < -0.39 is 0 Å². The minimum absolute atomic E-state index is 0.164. The zero-order valence-corrected chi connectivity index (χ0v) is 28.3. The number of rotatable bonds is 9. The molecule has 47 heavy (non-hydrogen) atoms. The first kappa shape index (κ1) is 35.1. The van der Waals surface area contributed by atoms with Crippen LogP contribution in [-0.4, -0.2) is 66.3 Å². The molecule has 0 saturated heterocycles. The molecular weight excluding hydrogens is 586 g/mol. The highest BCUT2D eigenvalue weighted by Gasteiger charge is 2.22. The predicted molar refractivity (Wildman–Crippen MR) is 196 cm³/mol. The smallest absolute Gasteiger partial charge is 0.248 e. The van der Waals surface area contributed by atoms with Gasteiger partial charge in [-0.15, -0.1) is 0 Å². The number of hydrogen-bond acceptors (Lipinski definition) is 7. The second kappa shape index (κ2) is 16.7. The summed E-state index contributed by atoms with van der Waals surface area (Å²) in [5.41, 5.74) is 16.2. The molecule has 1 amide bonds. The van der Waals surface area contributed by atoms with Gasteiger partial charge in [-0.2, -0.15) is 4.99 Å². The molecule has 1 aliphatic carbocycles. The van der Waals surface area contributed by atoms with E-state index in [4.69, 9.17) is 21.4 Å². The summed E-state index contributed by atoms with van der Waals surface area (Å²) < 4.78 is 0. The molecule has 10 nitrogen and oxygen atoms in total. The van der Waals surface area contributed by atoms with Crippen LogP contribution in [0.25, 0.3) is 22.0 Å². The monoisotopic (exact) mass is 635 g/mol. The number of hydrogen-bond donors (Lipinski definition) is 4. The number of pyridine rings is 1. The van der Waals surface area contributed by atoms with Crippen molar-refractivity contribution in [2.24, 2.45) is 27.4 Å². The van der Waals surface area contributed by atoms with Gasteiger partial charge in [0.1, 0.15) is 5.82 Å². The highest BCUT2D eigenvalue weighted by Crippen LogP contribution is 2.31. The Kier molecular flexibility index (Phi) is 12.4. The molecule has 248 valence electrons. The van der Waals surface area contributed by atoms with Crippen LogP contribution in [0, 0.1) is 5.92 Å². The Balaban J connectivity index is 0.000000748. The fraction of sp³-hybridized carbons (Fsp3) is 0.351. The van der Waals surface area contributed by atoms with Crippen molar-refractivity contribution in [2.45, 2.75) is 52.1 Å². The Bertz CT molecular complexity index is 1680. The van der Waals surface area contributed by atoms with Crippen molar-refractivity contribution < 1.29 is 4.79 Å². The fourth-order valence-electron chi connectivity index (χ4n) is 5.56. The van der Waals surface area contributed by atoms with Crippen molar-refractivity contribution in [3.05, 3.63) is 96.5 Å². The summed E-state index contributed by atoms with van der Waals surface area (Å²) in [6, 6.07) is 16.4. The summed E-state index contributed by atoms with van der Waals surface area (Å²) >= 11 is 0. The van der Waals surface area contributed by atoms with Crippen LogP contribution < -0.4 is 22.1 Å². The number of likely N-dealkylation sites (N-methyl/N-ethyl adjacent to an activating group) is 1. The first-order valence-electron chi connectivity index (χ1n) is 16.2. The van der Waals surface area contributed by atoms with Gasteiger partial charge >= 0.3 is 0 Å². The van der Waals surface area contributed by atoms with Crippen LogP contribution in [0.5, 0.6) is 0 Å². The molecule has 0 spiro atoms. The number of carbonyl (C=O) groups excluding carboxylic acids is 1. The third-order valence-electron chi connectivity index (χ3n) is 8.05. The fourth-order valence-corrected chi connectivity index (χ4v) is 5.56. The third-order valence-corrected chi connectivity index (χ3v) is 8.05. The van der Waals surface area contributed by atoms with E-state index in [2.05, 4.69) is 36.1 Å². The average molecular weight is 636 g/mol. The summed E-state index contributed by atoms with van der Waals surface area (Å²) in [7, 11) is 5.82. The number of allylic oxidation sites excluding steroid dienone is 2. The molecule has 1 aliphatic heterocycles. The van der Waals surface area contributed by atoms with Crippen LogP contribution in [0.3, 0.4) is 0 Å². The highest BCUT2D eigenvalue weighted by atomic mass is 16.1. The normalized spacial score (nSPS) is 17.1. The van der Waals surface area contributed by atoms with Gasteiger partial charge in [0.25, 0.3) is 0 Å². The maximum Gasteiger partial charge on any atom is 0.248 e. The molecule has 1 aromatic heterocycles. The SMILES string of the molecule is C=C/C(=C1/NC(N)=NC(=NCc2ccccc2-c2nccc3cc(NC(=O)/C=C/CN(C)C)ccc23)N1C)C(C)C.NC1CCCC1. The van der Waals surface area contributed by atoms with Crippen molar-refractivity contribution in [3.63, 3.8) is 0 Å². The molecule has 1 saturated carbocycles. The molecule has 2 aliphatic rings. The second-order valence-corrected chi connectivity index (χ2v) is 12.4. The number of aliphatic imine (C=N–C) groups is 2. The first-order valence-corrected chi connectivity index (χ1v) is 16.2. The highest BCUT2D eigenvalue weighted by molar-refractivity contribution is 6.03. The van der Waals surface area contributed by atoms with Crippen molar-refractivity contribution >= 4 is 34.3 Å². The van der Waals surface area contributed by atoms with Crippen LogP contribution in [0.1, 0.15) is 45.1 Å². The summed E-state index contributed by atoms with van der Waals surface area (Å²) in [5, 5.41) is 8.05. The first-order chi connectivity index (χ1) is 22.6. The minimum atomic E-state index is -0.164. The Labute approximate surface area is 279 Å². The van der Waals surface area contributed by atoms with Gasteiger partial charge in [-0.1, -0.05) is 75.8 Å². The number of fused-ring (bicyclic) bond motifs is 1. The van der Waals surface area contributed by atoms with Crippen LogP contribution in [0.4, 0.5) is 5.69 Å². The van der Waals surface area contributed by atoms with Crippen LogP contribution in [-0.2, 0) is 11.3 Å². The molecule has 2 aromatic carbocycles. The standard InChI is InChI=1S/C32H38N8O.C5H11N/c1-7-25(21(2)3)30-37-31(33)38-32(40(30)6)35-20-23-11-8-9-12-26(23)29-27-15-14-24(19-22(27)16-17-34-29)36-28(41)13-10-18-39(4)5;6-5-3-1-2-4-5/h7-17,19,21H,1,18,20H2,2-6H3,(H,36,41)(H3,33,35,37,38);5H,1-4,6H2/b13-10+,30-25+;. The van der Waals surface area contributed by atoms with E-state index in [0.717, 1.165) is 44.7 Å². The van der Waals surface area contributed by atoms with E-state index in [1.165, 1.54) is 25.7 Å². The number of nitrogens with two attached hydrogens (primary N) is 2. The number of guanidine groups is 2.